The molecule has 7 heteroatoms. The highest BCUT2D eigenvalue weighted by molar-refractivity contribution is 5.98. The average molecular weight is 375 g/mol. The van der Waals surface area contributed by atoms with Crippen LogP contribution in [0.25, 0.3) is 10.9 Å². The summed E-state index contributed by atoms with van der Waals surface area (Å²) in [6.07, 6.45) is 2.12. The zero-order valence-electron chi connectivity index (χ0n) is 15.6. The van der Waals surface area contributed by atoms with Crippen LogP contribution in [-0.4, -0.2) is 45.8 Å². The quantitative estimate of drug-likeness (QED) is 0.732. The molecule has 7 nitrogen and oxygen atoms in total. The number of benzene rings is 2. The molecule has 1 atom stereocenters. The third kappa shape index (κ3) is 3.38. The Morgan fingerprint density at radius 2 is 1.96 bits per heavy atom. The van der Waals surface area contributed by atoms with E-state index in [0.29, 0.717) is 30.9 Å². The van der Waals surface area contributed by atoms with Crippen molar-refractivity contribution in [1.82, 2.24) is 20.2 Å². The van der Waals surface area contributed by atoms with Gasteiger partial charge >= 0.3 is 0 Å². The molecule has 0 bridgehead atoms. The number of carbonyl (C=O) groups is 2. The highest BCUT2D eigenvalue weighted by Crippen LogP contribution is 2.23. The molecule has 142 valence electrons. The van der Waals surface area contributed by atoms with Crippen LogP contribution in [0.4, 0.5) is 11.5 Å². The topological polar surface area (TPSA) is 87.2 Å². The third-order valence-corrected chi connectivity index (χ3v) is 4.92. The second kappa shape index (κ2) is 7.64. The Kier molecular flexibility index (Phi) is 4.89. The molecule has 1 aromatic heterocycles. The first-order valence-corrected chi connectivity index (χ1v) is 9.33. The zero-order chi connectivity index (χ0) is 19.5. The first-order valence-electron chi connectivity index (χ1n) is 9.33. The molecule has 3 aromatic rings. The maximum atomic E-state index is 12.9. The second-order valence-electron chi connectivity index (χ2n) is 6.66. The summed E-state index contributed by atoms with van der Waals surface area (Å²) in [6, 6.07) is 14.6. The molecular formula is C21H21N5O2. The van der Waals surface area contributed by atoms with Crippen molar-refractivity contribution in [3.8, 4) is 0 Å². The van der Waals surface area contributed by atoms with Crippen LogP contribution in [0.2, 0.25) is 0 Å². The minimum absolute atomic E-state index is 0.0870. The highest BCUT2D eigenvalue weighted by atomic mass is 16.2. The summed E-state index contributed by atoms with van der Waals surface area (Å²) in [7, 11) is 0. The summed E-state index contributed by atoms with van der Waals surface area (Å²) in [5, 5.41) is 7.02. The number of nitrogens with zero attached hydrogens (tertiary/aromatic N) is 3. The Balaban J connectivity index is 1.54. The number of nitrogens with one attached hydrogen (secondary N) is 2. The number of para-hydroxylation sites is 1. The summed E-state index contributed by atoms with van der Waals surface area (Å²) in [5.41, 5.74) is 2.25. The van der Waals surface area contributed by atoms with Gasteiger partial charge in [-0.05, 0) is 42.8 Å². The predicted octanol–water partition coefficient (Wildman–Crippen LogP) is 2.72. The predicted molar refractivity (Wildman–Crippen MR) is 107 cm³/mol. The normalized spacial score (nSPS) is 16.7. The Hall–Kier alpha value is -3.48. The maximum Gasteiger partial charge on any atom is 0.254 e. The molecule has 4 rings (SSSR count). The van der Waals surface area contributed by atoms with E-state index in [1.165, 1.54) is 6.33 Å². The van der Waals surface area contributed by atoms with Crippen LogP contribution in [0.15, 0.2) is 54.9 Å². The first-order chi connectivity index (χ1) is 13.7. The van der Waals surface area contributed by atoms with Gasteiger partial charge in [-0.25, -0.2) is 9.97 Å². The summed E-state index contributed by atoms with van der Waals surface area (Å²) in [4.78, 5) is 35.1. The fourth-order valence-corrected chi connectivity index (χ4v) is 3.47. The Labute approximate surface area is 162 Å². The van der Waals surface area contributed by atoms with Gasteiger partial charge < -0.3 is 15.5 Å². The molecular weight excluding hydrogens is 354 g/mol. The van der Waals surface area contributed by atoms with E-state index in [2.05, 4.69) is 20.6 Å². The van der Waals surface area contributed by atoms with Gasteiger partial charge in [0.2, 0.25) is 5.91 Å². The molecule has 0 saturated carbocycles. The van der Waals surface area contributed by atoms with Crippen LogP contribution in [0.5, 0.6) is 0 Å². The fraction of sp³-hybridized carbons (Fsp3) is 0.238. The van der Waals surface area contributed by atoms with Crippen LogP contribution in [0.1, 0.15) is 23.7 Å². The monoisotopic (exact) mass is 375 g/mol. The van der Waals surface area contributed by atoms with Crippen LogP contribution < -0.4 is 10.6 Å². The Morgan fingerprint density at radius 1 is 1.18 bits per heavy atom. The lowest BCUT2D eigenvalue weighted by atomic mass is 10.1. The van der Waals surface area contributed by atoms with Crippen molar-refractivity contribution in [2.75, 3.05) is 18.4 Å². The van der Waals surface area contributed by atoms with Crippen LogP contribution in [0.3, 0.4) is 0 Å². The lowest BCUT2D eigenvalue weighted by Gasteiger charge is -2.34. The molecule has 2 amide bonds. The third-order valence-electron chi connectivity index (χ3n) is 4.92. The first kappa shape index (κ1) is 17.9. The minimum atomic E-state index is -0.411. The van der Waals surface area contributed by atoms with E-state index in [4.69, 9.17) is 0 Å². The number of hydrogen-bond acceptors (Lipinski definition) is 5. The summed E-state index contributed by atoms with van der Waals surface area (Å²) < 4.78 is 0. The number of fused-ring (bicyclic) bond motifs is 1. The van der Waals surface area contributed by atoms with Crippen molar-refractivity contribution >= 4 is 34.2 Å². The van der Waals surface area contributed by atoms with Gasteiger partial charge in [0.15, 0.2) is 0 Å². The number of carbonyl (C=O) groups excluding carboxylic acids is 2. The number of rotatable bonds is 4. The van der Waals surface area contributed by atoms with Gasteiger partial charge in [0.25, 0.3) is 5.91 Å². The molecule has 2 heterocycles. The van der Waals surface area contributed by atoms with Crippen LogP contribution in [0, 0.1) is 0 Å². The number of anilines is 2. The van der Waals surface area contributed by atoms with Gasteiger partial charge in [0.1, 0.15) is 18.2 Å². The maximum absolute atomic E-state index is 12.9. The number of piperazine rings is 1. The molecule has 28 heavy (non-hydrogen) atoms. The minimum Gasteiger partial charge on any atom is -0.353 e. The van der Waals surface area contributed by atoms with Crippen molar-refractivity contribution in [2.24, 2.45) is 0 Å². The average Bonchev–Trinajstić information content (AvgIpc) is 2.74. The molecule has 0 aliphatic carbocycles. The standard InChI is InChI=1S/C21H21N5O2/c1-2-18-20(27)22-11-12-26(18)21(28)14-7-9-15(10-8-14)25-19-16-5-3-4-6-17(16)23-13-24-19/h3-10,13,18H,2,11-12H2,1H3,(H,22,27)(H,23,24,25). The summed E-state index contributed by atoms with van der Waals surface area (Å²) in [6.45, 7) is 2.92. The lowest BCUT2D eigenvalue weighted by Crippen LogP contribution is -2.56. The van der Waals surface area contributed by atoms with E-state index in [-0.39, 0.29) is 11.8 Å². The number of hydrogen-bond donors (Lipinski definition) is 2. The lowest BCUT2D eigenvalue weighted by molar-refractivity contribution is -0.127. The largest absolute Gasteiger partial charge is 0.353 e. The van der Waals surface area contributed by atoms with Gasteiger partial charge in [-0.3, -0.25) is 9.59 Å². The van der Waals surface area contributed by atoms with E-state index >= 15 is 0 Å². The van der Waals surface area contributed by atoms with Crippen molar-refractivity contribution in [3.05, 3.63) is 60.4 Å². The van der Waals surface area contributed by atoms with Gasteiger partial charge in [-0.15, -0.1) is 0 Å². The van der Waals surface area contributed by atoms with Crippen molar-refractivity contribution < 1.29 is 9.59 Å². The van der Waals surface area contributed by atoms with Crippen LogP contribution in [-0.2, 0) is 4.79 Å². The summed E-state index contributed by atoms with van der Waals surface area (Å²) >= 11 is 0. The van der Waals surface area contributed by atoms with E-state index in [1.54, 1.807) is 17.0 Å². The Bertz CT molecular complexity index is 1010. The Morgan fingerprint density at radius 3 is 2.75 bits per heavy atom. The van der Waals surface area contributed by atoms with Crippen molar-refractivity contribution in [3.63, 3.8) is 0 Å². The SMILES string of the molecule is CCC1C(=O)NCCN1C(=O)c1ccc(Nc2ncnc3ccccc23)cc1. The molecule has 2 N–H and O–H groups in total. The molecule has 1 unspecified atom stereocenters. The number of aromatic nitrogens is 2. The van der Waals surface area contributed by atoms with Crippen molar-refractivity contribution in [1.29, 1.82) is 0 Å². The van der Waals surface area contributed by atoms with E-state index in [0.717, 1.165) is 16.6 Å². The van der Waals surface area contributed by atoms with Gasteiger partial charge in [-0.2, -0.15) is 0 Å². The molecule has 2 aromatic carbocycles. The van der Waals surface area contributed by atoms with E-state index in [9.17, 15) is 9.59 Å². The molecule has 1 aliphatic rings. The summed E-state index contributed by atoms with van der Waals surface area (Å²) in [5.74, 6) is 0.500. The number of amides is 2. The molecule has 1 saturated heterocycles. The fourth-order valence-electron chi connectivity index (χ4n) is 3.47. The molecule has 1 fully saturated rings. The van der Waals surface area contributed by atoms with E-state index < -0.39 is 6.04 Å². The van der Waals surface area contributed by atoms with Gasteiger partial charge in [0.05, 0.1) is 5.52 Å². The van der Waals surface area contributed by atoms with E-state index in [1.807, 2.05) is 43.3 Å². The van der Waals surface area contributed by atoms with Gasteiger partial charge in [-0.1, -0.05) is 19.1 Å². The van der Waals surface area contributed by atoms with Crippen molar-refractivity contribution in [2.45, 2.75) is 19.4 Å². The molecule has 0 radical (unpaired) electrons. The highest BCUT2D eigenvalue weighted by Gasteiger charge is 2.31. The zero-order valence-corrected chi connectivity index (χ0v) is 15.6. The smallest absolute Gasteiger partial charge is 0.254 e. The second-order valence-corrected chi connectivity index (χ2v) is 6.66. The van der Waals surface area contributed by atoms with Crippen LogP contribution >= 0.6 is 0 Å². The molecule has 0 spiro atoms. The van der Waals surface area contributed by atoms with Gasteiger partial charge in [0, 0.05) is 29.7 Å². The molecule has 1 aliphatic heterocycles.